The Morgan fingerprint density at radius 2 is 1.56 bits per heavy atom. The van der Waals surface area contributed by atoms with Gasteiger partial charge in [0.25, 0.3) is 0 Å². The number of ketones is 1. The summed E-state index contributed by atoms with van der Waals surface area (Å²) in [7, 11) is 0. The summed E-state index contributed by atoms with van der Waals surface area (Å²) >= 11 is 6.10. The Balaban J connectivity index is 1.14. The molecular weight excluding hydrogens is 663 g/mol. The number of Topliss-reactive ketones (excluding diaryl/α,β-unsaturated/α-hetero) is 1. The molecule has 1 heterocycles. The first-order chi connectivity index (χ1) is 23.5. The van der Waals surface area contributed by atoms with Crippen LogP contribution in [0.4, 0.5) is 13.2 Å². The molecule has 5 nitrogen and oxygen atoms in total. The van der Waals surface area contributed by atoms with Crippen molar-refractivity contribution in [3.05, 3.63) is 94.0 Å². The smallest absolute Gasteiger partial charge is 0.393 e. The molecule has 2 aromatic rings. The van der Waals surface area contributed by atoms with E-state index in [2.05, 4.69) is 30.9 Å². The lowest BCUT2D eigenvalue weighted by Crippen LogP contribution is -2.67. The Hall–Kier alpha value is -2.49. The first-order valence-corrected chi connectivity index (χ1v) is 18.6. The van der Waals surface area contributed by atoms with Crippen molar-refractivity contribution in [3.63, 3.8) is 0 Å². The zero-order valence-electron chi connectivity index (χ0n) is 28.8. The van der Waals surface area contributed by atoms with E-state index in [1.54, 1.807) is 12.1 Å². The van der Waals surface area contributed by atoms with Crippen LogP contribution in [-0.4, -0.2) is 57.3 Å². The van der Waals surface area contributed by atoms with Crippen LogP contribution in [0.25, 0.3) is 0 Å². The summed E-state index contributed by atoms with van der Waals surface area (Å²) in [6.45, 7) is 6.17. The molecule has 3 N–H and O–H groups in total. The fraction of sp³-hybridized carbons (Fsp3) is 0.585. The van der Waals surface area contributed by atoms with E-state index in [1.165, 1.54) is 12.1 Å². The molecule has 268 valence electrons. The molecule has 1 saturated heterocycles. The summed E-state index contributed by atoms with van der Waals surface area (Å²) in [4.78, 5) is 17.0. The van der Waals surface area contributed by atoms with Crippen molar-refractivity contribution in [1.82, 2.24) is 4.90 Å². The molecular formula is C41H47ClF3NO4. The second kappa shape index (κ2) is 11.3. The summed E-state index contributed by atoms with van der Waals surface area (Å²) in [5, 5.41) is 35.9. The van der Waals surface area contributed by atoms with Crippen LogP contribution in [0.3, 0.4) is 0 Å². The third-order valence-corrected chi connectivity index (χ3v) is 15.2. The lowest BCUT2D eigenvalue weighted by atomic mass is 9.32. The van der Waals surface area contributed by atoms with Crippen molar-refractivity contribution >= 4 is 17.4 Å². The zero-order valence-corrected chi connectivity index (χ0v) is 29.5. The number of alkyl halides is 3. The van der Waals surface area contributed by atoms with Gasteiger partial charge in [0.15, 0.2) is 5.78 Å². The van der Waals surface area contributed by atoms with Crippen LogP contribution in [0.2, 0.25) is 5.02 Å². The Morgan fingerprint density at radius 1 is 0.900 bits per heavy atom. The minimum atomic E-state index is -4.58. The van der Waals surface area contributed by atoms with Crippen molar-refractivity contribution < 1.29 is 33.3 Å². The summed E-state index contributed by atoms with van der Waals surface area (Å²) in [6, 6.07) is 12.1. The molecule has 2 spiro atoms. The number of nitrogens with zero attached hydrogens (tertiary/aromatic N) is 1. The highest BCUT2D eigenvalue weighted by Gasteiger charge is 2.74. The molecule has 9 rings (SSSR count). The molecule has 7 aliphatic rings. The largest absolute Gasteiger partial charge is 0.416 e. The average molecular weight is 710 g/mol. The molecule has 1 aliphatic heterocycles. The van der Waals surface area contributed by atoms with Crippen molar-refractivity contribution in [2.45, 2.75) is 95.1 Å². The van der Waals surface area contributed by atoms with Crippen LogP contribution in [0.15, 0.2) is 72.3 Å². The minimum Gasteiger partial charge on any atom is -0.393 e. The molecule has 2 aromatic carbocycles. The molecule has 4 fully saturated rings. The van der Waals surface area contributed by atoms with Gasteiger partial charge in [-0.15, -0.1) is 0 Å². The van der Waals surface area contributed by atoms with Gasteiger partial charge in [-0.25, -0.2) is 0 Å². The monoisotopic (exact) mass is 709 g/mol. The van der Waals surface area contributed by atoms with Gasteiger partial charge in [0.05, 0.1) is 22.9 Å². The average Bonchev–Trinajstić information content (AvgIpc) is 3.35. The summed E-state index contributed by atoms with van der Waals surface area (Å²) < 4.78 is 41.5. The van der Waals surface area contributed by atoms with Crippen molar-refractivity contribution in [3.8, 4) is 0 Å². The van der Waals surface area contributed by atoms with Crippen LogP contribution < -0.4 is 0 Å². The van der Waals surface area contributed by atoms with E-state index in [9.17, 15) is 33.3 Å². The lowest BCUT2D eigenvalue weighted by Gasteiger charge is -2.71. The van der Waals surface area contributed by atoms with Crippen molar-refractivity contribution in [2.75, 3.05) is 19.6 Å². The standard InChI is InChI=1S/C41H47ClF3NO4/c1-35-13-10-30(47)23-37(35)16-17-40(31(24-37)34(48)26-4-3-5-28(22-26)41(43,44)45)32(35)11-14-36(2)33(40)12-15-39(36,50)25-46-20-18-38(49,19-21-46)27-6-8-29(42)9-7-27/h3-9,16-17,22,24,30,32-33,47,49-50H,10-15,18-21,23,25H2,1-2H3. The third-order valence-electron chi connectivity index (χ3n) is 15.0. The number of hydrogen-bond acceptors (Lipinski definition) is 5. The van der Waals surface area contributed by atoms with Gasteiger partial charge >= 0.3 is 6.18 Å². The molecule has 0 radical (unpaired) electrons. The number of fused-ring (bicyclic) bond motifs is 1. The van der Waals surface area contributed by atoms with E-state index < -0.39 is 45.3 Å². The van der Waals surface area contributed by atoms with Gasteiger partial charge in [-0.05, 0) is 105 Å². The summed E-state index contributed by atoms with van der Waals surface area (Å²) in [5.74, 6) is -0.440. The van der Waals surface area contributed by atoms with Crippen LogP contribution >= 0.6 is 11.6 Å². The van der Waals surface area contributed by atoms with Crippen LogP contribution in [0.1, 0.15) is 93.1 Å². The predicted molar refractivity (Wildman–Crippen MR) is 185 cm³/mol. The molecule has 2 bridgehead atoms. The fourth-order valence-electron chi connectivity index (χ4n) is 12.1. The number of carbonyl (C=O) groups excluding carboxylic acids is 1. The molecule has 9 heteroatoms. The number of piperidine rings is 1. The van der Waals surface area contributed by atoms with Crippen LogP contribution in [0.5, 0.6) is 0 Å². The second-order valence-electron chi connectivity index (χ2n) is 17.0. The van der Waals surface area contributed by atoms with Crippen molar-refractivity contribution in [1.29, 1.82) is 0 Å². The SMILES string of the molecule is CC12CCC(O)CC13C=CC1(C(C(=O)c4cccc(C(F)(F)F)c4)=C3)C2CCC2(C)C1CCC2(O)CN1CCC(O)(c2ccc(Cl)cc2)CC1. The predicted octanol–water partition coefficient (Wildman–Crippen LogP) is 8.12. The maximum Gasteiger partial charge on any atom is 0.416 e. The van der Waals surface area contributed by atoms with Gasteiger partial charge in [-0.1, -0.05) is 67.9 Å². The minimum absolute atomic E-state index is 0.0247. The molecule has 0 aromatic heterocycles. The first-order valence-electron chi connectivity index (χ1n) is 18.3. The maximum atomic E-state index is 14.7. The van der Waals surface area contributed by atoms with E-state index in [-0.39, 0.29) is 28.6 Å². The number of halogens is 4. The Labute approximate surface area is 297 Å². The van der Waals surface area contributed by atoms with E-state index in [1.807, 2.05) is 18.2 Å². The van der Waals surface area contributed by atoms with E-state index in [0.29, 0.717) is 68.8 Å². The van der Waals surface area contributed by atoms with Gasteiger partial charge < -0.3 is 20.2 Å². The molecule has 6 aliphatic carbocycles. The van der Waals surface area contributed by atoms with Gasteiger partial charge in [0.1, 0.15) is 0 Å². The molecule has 8 unspecified atom stereocenters. The second-order valence-corrected chi connectivity index (χ2v) is 17.5. The Morgan fingerprint density at radius 3 is 2.26 bits per heavy atom. The lowest BCUT2D eigenvalue weighted by molar-refractivity contribution is -0.178. The molecule has 0 amide bonds. The Bertz CT molecular complexity index is 1770. The van der Waals surface area contributed by atoms with E-state index >= 15 is 0 Å². The van der Waals surface area contributed by atoms with Gasteiger partial charge in [0, 0.05) is 52.0 Å². The number of hydrogen-bond donors (Lipinski definition) is 3. The van der Waals surface area contributed by atoms with E-state index in [0.717, 1.165) is 37.0 Å². The number of aliphatic hydroxyl groups excluding tert-OH is 1. The van der Waals surface area contributed by atoms with Gasteiger partial charge in [0.2, 0.25) is 0 Å². The number of carbonyl (C=O) groups is 1. The highest BCUT2D eigenvalue weighted by molar-refractivity contribution is 6.30. The fourth-order valence-corrected chi connectivity index (χ4v) is 12.2. The van der Waals surface area contributed by atoms with E-state index in [4.69, 9.17) is 11.6 Å². The summed E-state index contributed by atoms with van der Waals surface area (Å²) in [5.41, 5.74) is -3.57. The van der Waals surface area contributed by atoms with Crippen molar-refractivity contribution in [2.24, 2.45) is 33.5 Å². The van der Waals surface area contributed by atoms with Gasteiger partial charge in [-0.3, -0.25) is 4.79 Å². The van der Waals surface area contributed by atoms with Crippen LogP contribution in [-0.2, 0) is 11.8 Å². The normalized spacial score (nSPS) is 40.5. The number of likely N-dealkylation sites (tertiary alicyclic amines) is 1. The summed E-state index contributed by atoms with van der Waals surface area (Å²) in [6.07, 6.45) is 7.15. The molecule has 8 atom stereocenters. The highest BCUT2D eigenvalue weighted by Crippen LogP contribution is 2.78. The Kier molecular flexibility index (Phi) is 7.79. The highest BCUT2D eigenvalue weighted by atomic mass is 35.5. The van der Waals surface area contributed by atoms with Crippen LogP contribution in [0, 0.1) is 33.5 Å². The number of allylic oxidation sites excluding steroid dienone is 4. The van der Waals surface area contributed by atoms with Gasteiger partial charge in [-0.2, -0.15) is 13.2 Å². The third kappa shape index (κ3) is 4.77. The molecule has 3 saturated carbocycles. The number of benzene rings is 2. The molecule has 50 heavy (non-hydrogen) atoms. The maximum absolute atomic E-state index is 14.7. The first kappa shape index (κ1) is 34.6. The number of β-amino-alcohol motifs (C(OH)–C–C–N with tert-alkyl or cyclic N) is 1. The number of aliphatic hydroxyl groups is 3. The topological polar surface area (TPSA) is 81.0 Å². The quantitative estimate of drug-likeness (QED) is 0.216. The zero-order chi connectivity index (χ0) is 35.5. The number of rotatable bonds is 5.